The first-order valence-electron chi connectivity index (χ1n) is 4.96. The minimum absolute atomic E-state index is 0. The van der Waals surface area contributed by atoms with E-state index in [1.54, 1.807) is 12.1 Å². The first-order chi connectivity index (χ1) is 7.52. The number of hydrogen-bond acceptors (Lipinski definition) is 2. The summed E-state index contributed by atoms with van der Waals surface area (Å²) in [5.74, 6) is -0.476. The Hall–Kier alpha value is -0.650. The van der Waals surface area contributed by atoms with Crippen molar-refractivity contribution in [2.45, 2.75) is 19.4 Å². The summed E-state index contributed by atoms with van der Waals surface area (Å²) < 4.78 is 13.4. The Labute approximate surface area is 114 Å². The van der Waals surface area contributed by atoms with Gasteiger partial charge in [0.1, 0.15) is 5.82 Å². The lowest BCUT2D eigenvalue weighted by Crippen LogP contribution is -2.38. The van der Waals surface area contributed by atoms with Gasteiger partial charge < -0.3 is 11.1 Å². The van der Waals surface area contributed by atoms with Gasteiger partial charge in [0.2, 0.25) is 5.91 Å². The Kier molecular flexibility index (Phi) is 7.34. The molecule has 1 atom stereocenters. The molecule has 3 nitrogen and oxygen atoms in total. The van der Waals surface area contributed by atoms with Gasteiger partial charge >= 0.3 is 0 Å². The standard InChI is InChI=1S/C11H14BrFN2O.ClH/c1-7(15-11(16)6-14)4-8-2-3-10(13)9(12)5-8;/h2-3,5,7H,4,6,14H2,1H3,(H,15,16);1H. The van der Waals surface area contributed by atoms with Crippen molar-refractivity contribution in [3.8, 4) is 0 Å². The Morgan fingerprint density at radius 1 is 1.59 bits per heavy atom. The van der Waals surface area contributed by atoms with Crippen LogP contribution in [0, 0.1) is 5.82 Å². The summed E-state index contributed by atoms with van der Waals surface area (Å²) in [5, 5.41) is 2.74. The van der Waals surface area contributed by atoms with Crippen molar-refractivity contribution >= 4 is 34.2 Å². The van der Waals surface area contributed by atoms with Crippen LogP contribution in [0.25, 0.3) is 0 Å². The number of amides is 1. The second kappa shape index (κ2) is 7.63. The van der Waals surface area contributed by atoms with Crippen molar-refractivity contribution in [2.24, 2.45) is 5.73 Å². The number of rotatable bonds is 4. The number of nitrogens with two attached hydrogens (primary N) is 1. The van der Waals surface area contributed by atoms with E-state index in [1.165, 1.54) is 6.07 Å². The number of halogens is 3. The van der Waals surface area contributed by atoms with Gasteiger partial charge in [-0.2, -0.15) is 0 Å². The Morgan fingerprint density at radius 3 is 2.76 bits per heavy atom. The molecule has 96 valence electrons. The first kappa shape index (κ1) is 16.4. The van der Waals surface area contributed by atoms with Crippen molar-refractivity contribution in [2.75, 3.05) is 6.54 Å². The van der Waals surface area contributed by atoms with Crippen LogP contribution in [-0.2, 0) is 11.2 Å². The highest BCUT2D eigenvalue weighted by molar-refractivity contribution is 9.10. The molecule has 0 aliphatic carbocycles. The number of carbonyl (C=O) groups is 1. The Morgan fingerprint density at radius 2 is 2.24 bits per heavy atom. The van der Waals surface area contributed by atoms with Gasteiger partial charge in [0.25, 0.3) is 0 Å². The zero-order chi connectivity index (χ0) is 12.1. The molecule has 3 N–H and O–H groups in total. The fourth-order valence-electron chi connectivity index (χ4n) is 1.40. The van der Waals surface area contributed by atoms with E-state index in [9.17, 15) is 9.18 Å². The molecule has 0 saturated carbocycles. The van der Waals surface area contributed by atoms with Crippen LogP contribution in [0.3, 0.4) is 0 Å². The van der Waals surface area contributed by atoms with E-state index < -0.39 is 0 Å². The molecule has 0 bridgehead atoms. The zero-order valence-corrected chi connectivity index (χ0v) is 11.8. The van der Waals surface area contributed by atoms with Gasteiger partial charge in [-0.1, -0.05) is 6.07 Å². The molecule has 0 saturated heterocycles. The molecule has 17 heavy (non-hydrogen) atoms. The zero-order valence-electron chi connectivity index (χ0n) is 9.37. The lowest BCUT2D eigenvalue weighted by Gasteiger charge is -2.13. The fourth-order valence-corrected chi connectivity index (χ4v) is 1.83. The van der Waals surface area contributed by atoms with Crippen molar-refractivity contribution in [1.29, 1.82) is 0 Å². The SMILES string of the molecule is CC(Cc1ccc(F)c(Br)c1)NC(=O)CN.Cl. The lowest BCUT2D eigenvalue weighted by molar-refractivity contribution is -0.120. The molecule has 1 amide bonds. The van der Waals surface area contributed by atoms with Crippen LogP contribution in [0.4, 0.5) is 4.39 Å². The van der Waals surface area contributed by atoms with Crippen LogP contribution in [0.2, 0.25) is 0 Å². The highest BCUT2D eigenvalue weighted by atomic mass is 79.9. The lowest BCUT2D eigenvalue weighted by atomic mass is 10.1. The third-order valence-electron chi connectivity index (χ3n) is 2.12. The quantitative estimate of drug-likeness (QED) is 0.890. The van der Waals surface area contributed by atoms with E-state index in [0.717, 1.165) is 5.56 Å². The highest BCUT2D eigenvalue weighted by Crippen LogP contribution is 2.17. The molecule has 1 aromatic rings. The van der Waals surface area contributed by atoms with Gasteiger partial charge in [-0.05, 0) is 47.0 Å². The maximum atomic E-state index is 13.0. The van der Waals surface area contributed by atoms with E-state index in [2.05, 4.69) is 21.2 Å². The summed E-state index contributed by atoms with van der Waals surface area (Å²) in [4.78, 5) is 11.0. The summed E-state index contributed by atoms with van der Waals surface area (Å²) in [7, 11) is 0. The van der Waals surface area contributed by atoms with Crippen LogP contribution < -0.4 is 11.1 Å². The summed E-state index contributed by atoms with van der Waals surface area (Å²) >= 11 is 3.12. The third-order valence-corrected chi connectivity index (χ3v) is 2.73. The number of benzene rings is 1. The Bertz CT molecular complexity index is 390. The topological polar surface area (TPSA) is 55.1 Å². The summed E-state index contributed by atoms with van der Waals surface area (Å²) in [6.07, 6.45) is 0.643. The van der Waals surface area contributed by atoms with Gasteiger partial charge in [0.05, 0.1) is 11.0 Å². The van der Waals surface area contributed by atoms with Gasteiger partial charge in [0.15, 0.2) is 0 Å². The van der Waals surface area contributed by atoms with Gasteiger partial charge in [-0.15, -0.1) is 12.4 Å². The monoisotopic (exact) mass is 324 g/mol. The molecule has 1 rings (SSSR count). The summed E-state index contributed by atoms with van der Waals surface area (Å²) in [6, 6.07) is 4.79. The largest absolute Gasteiger partial charge is 0.352 e. The van der Waals surface area contributed by atoms with Gasteiger partial charge in [-0.25, -0.2) is 4.39 Å². The molecule has 0 aromatic heterocycles. The van der Waals surface area contributed by atoms with Crippen LogP contribution in [0.15, 0.2) is 22.7 Å². The van der Waals surface area contributed by atoms with Crippen molar-refractivity contribution in [3.05, 3.63) is 34.1 Å². The number of hydrogen-bond donors (Lipinski definition) is 2. The van der Waals surface area contributed by atoms with Crippen molar-refractivity contribution < 1.29 is 9.18 Å². The van der Waals surface area contributed by atoms with Crippen LogP contribution in [0.1, 0.15) is 12.5 Å². The first-order valence-corrected chi connectivity index (χ1v) is 5.75. The predicted molar refractivity (Wildman–Crippen MR) is 71.7 cm³/mol. The van der Waals surface area contributed by atoms with E-state index in [4.69, 9.17) is 5.73 Å². The second-order valence-corrected chi connectivity index (χ2v) is 4.48. The van der Waals surface area contributed by atoms with Crippen molar-refractivity contribution in [1.82, 2.24) is 5.32 Å². The maximum absolute atomic E-state index is 13.0. The molecule has 0 aliphatic rings. The Balaban J connectivity index is 0.00000256. The van der Waals surface area contributed by atoms with Gasteiger partial charge in [0, 0.05) is 6.04 Å². The van der Waals surface area contributed by atoms with Crippen LogP contribution in [0.5, 0.6) is 0 Å². The molecule has 0 fully saturated rings. The van der Waals surface area contributed by atoms with E-state index in [-0.39, 0.29) is 36.7 Å². The molecular formula is C11H15BrClFN2O. The molecule has 0 spiro atoms. The normalized spacial score (nSPS) is 11.5. The smallest absolute Gasteiger partial charge is 0.233 e. The average molecular weight is 326 g/mol. The number of carbonyl (C=O) groups excluding carboxylic acids is 1. The minimum Gasteiger partial charge on any atom is -0.352 e. The summed E-state index contributed by atoms with van der Waals surface area (Å²) in [5.41, 5.74) is 6.15. The fraction of sp³-hybridized carbons (Fsp3) is 0.364. The molecule has 1 unspecified atom stereocenters. The minimum atomic E-state index is -0.289. The van der Waals surface area contributed by atoms with Crippen LogP contribution >= 0.6 is 28.3 Å². The average Bonchev–Trinajstić information content (AvgIpc) is 2.23. The molecular weight excluding hydrogens is 310 g/mol. The second-order valence-electron chi connectivity index (χ2n) is 3.63. The third kappa shape index (κ3) is 5.48. The predicted octanol–water partition coefficient (Wildman–Crippen LogP) is 2.02. The van der Waals surface area contributed by atoms with E-state index in [1.807, 2.05) is 6.92 Å². The maximum Gasteiger partial charge on any atom is 0.233 e. The van der Waals surface area contributed by atoms with Gasteiger partial charge in [-0.3, -0.25) is 4.79 Å². The molecule has 1 aromatic carbocycles. The number of nitrogens with one attached hydrogen (secondary N) is 1. The molecule has 0 radical (unpaired) electrons. The van der Waals surface area contributed by atoms with E-state index in [0.29, 0.717) is 10.9 Å². The van der Waals surface area contributed by atoms with E-state index >= 15 is 0 Å². The van der Waals surface area contributed by atoms with Crippen molar-refractivity contribution in [3.63, 3.8) is 0 Å². The molecule has 0 heterocycles. The van der Waals surface area contributed by atoms with Crippen LogP contribution in [-0.4, -0.2) is 18.5 Å². The molecule has 0 aliphatic heterocycles. The summed E-state index contributed by atoms with van der Waals surface area (Å²) in [6.45, 7) is 1.86. The highest BCUT2D eigenvalue weighted by Gasteiger charge is 2.08. The molecule has 6 heteroatoms.